The highest BCUT2D eigenvalue weighted by atomic mass is 35.5. The maximum absolute atomic E-state index is 9.75. The Morgan fingerprint density at radius 3 is 1.75 bits per heavy atom. The fraction of sp³-hybridized carbons (Fsp3) is 0.714. The summed E-state index contributed by atoms with van der Waals surface area (Å²) in [4.78, 5) is 0. The summed E-state index contributed by atoms with van der Waals surface area (Å²) in [6.45, 7) is 6.38. The van der Waals surface area contributed by atoms with Crippen LogP contribution in [0.3, 0.4) is 0 Å². The van der Waals surface area contributed by atoms with Gasteiger partial charge in [0.05, 0.1) is 21.4 Å². The molecule has 0 amide bonds. The Morgan fingerprint density at radius 2 is 1.62 bits per heavy atom. The van der Waals surface area contributed by atoms with Crippen molar-refractivity contribution in [3.8, 4) is 0 Å². The summed E-state index contributed by atoms with van der Waals surface area (Å²) in [5.41, 5.74) is 1.18. The normalized spacial score (nSPS) is 12.1. The van der Waals surface area contributed by atoms with Crippen molar-refractivity contribution in [1.82, 2.24) is 4.49 Å². The molecule has 94 valence electrons. The Hall–Kier alpha value is -0.365. The van der Waals surface area contributed by atoms with E-state index in [2.05, 4.69) is 25.3 Å². The number of hydrogen-bond acceptors (Lipinski definition) is 2. The number of hydrogen-bond donors (Lipinski definition) is 0. The van der Waals surface area contributed by atoms with Crippen molar-refractivity contribution in [2.24, 2.45) is 7.05 Å². The number of halogens is 5. The molecule has 0 bridgehead atoms. The molecule has 0 saturated carbocycles. The molecule has 1 rings (SSSR count). The monoisotopic (exact) mass is 278 g/mol. The van der Waals surface area contributed by atoms with E-state index in [-0.39, 0.29) is 5.41 Å². The second kappa shape index (κ2) is 5.31. The highest BCUT2D eigenvalue weighted by Gasteiger charge is 2.30. The number of aryl methyl sites for hydroxylation is 1. The van der Waals surface area contributed by atoms with Crippen molar-refractivity contribution in [2.75, 3.05) is 0 Å². The molecule has 1 aromatic rings. The van der Waals surface area contributed by atoms with Gasteiger partial charge in [0.15, 0.2) is 11.4 Å². The van der Waals surface area contributed by atoms with Crippen LogP contribution in [0, 0.1) is 0 Å². The average molecular weight is 279 g/mol. The smallest absolute Gasteiger partial charge is 0.418 e. The van der Waals surface area contributed by atoms with Crippen molar-refractivity contribution < 1.29 is 21.9 Å². The van der Waals surface area contributed by atoms with E-state index in [4.69, 9.17) is 11.6 Å². The summed E-state index contributed by atoms with van der Waals surface area (Å²) < 4.78 is 45.7. The molecule has 0 radical (unpaired) electrons. The number of nitrogens with zero attached hydrogens (tertiary/aromatic N) is 2. The lowest BCUT2D eigenvalue weighted by molar-refractivity contribution is -0.732. The van der Waals surface area contributed by atoms with E-state index in [1.54, 1.807) is 0 Å². The molecule has 0 saturated heterocycles. The highest BCUT2D eigenvalue weighted by molar-refractivity contribution is 7.10. The summed E-state index contributed by atoms with van der Waals surface area (Å²) in [5.74, 6) is 0. The molecule has 0 N–H and O–H groups in total. The predicted octanol–water partition coefficient (Wildman–Crippen LogP) is 3.22. The van der Waals surface area contributed by atoms with E-state index in [1.807, 2.05) is 11.7 Å². The molecule has 0 aliphatic rings. The summed E-state index contributed by atoms with van der Waals surface area (Å²) in [7, 11) is -4.08. The minimum Gasteiger partial charge on any atom is -0.418 e. The van der Waals surface area contributed by atoms with Gasteiger partial charge in [-0.15, -0.1) is 0 Å². The Morgan fingerprint density at radius 1 is 1.25 bits per heavy atom. The van der Waals surface area contributed by atoms with E-state index in [0.717, 1.165) is 10.0 Å². The third kappa shape index (κ3) is 6.27. The molecule has 2 nitrogen and oxygen atoms in total. The summed E-state index contributed by atoms with van der Waals surface area (Å²) in [6.07, 6.45) is 0. The summed E-state index contributed by atoms with van der Waals surface area (Å²) in [6, 6.07) is 0. The van der Waals surface area contributed by atoms with Crippen LogP contribution >= 0.6 is 23.1 Å². The largest absolute Gasteiger partial charge is 0.673 e. The topological polar surface area (TPSA) is 16.8 Å². The van der Waals surface area contributed by atoms with Crippen LogP contribution in [0.15, 0.2) is 0 Å². The molecule has 0 aromatic carbocycles. The van der Waals surface area contributed by atoms with Crippen molar-refractivity contribution in [3.05, 3.63) is 10.0 Å². The average Bonchev–Trinajstić information content (AvgIpc) is 2.24. The van der Waals surface area contributed by atoms with Gasteiger partial charge in [0.25, 0.3) is 0 Å². The second-order valence-corrected chi connectivity index (χ2v) is 5.42. The maximum atomic E-state index is 9.75. The van der Waals surface area contributed by atoms with Gasteiger partial charge < -0.3 is 17.3 Å². The SMILES string of the molecule is C[n+]1nsc(Cl)c1C(C)(C)C.F[B-](F)(F)F. The van der Waals surface area contributed by atoms with Crippen LogP contribution in [-0.4, -0.2) is 11.7 Å². The number of rotatable bonds is 0. The van der Waals surface area contributed by atoms with Crippen LogP contribution in [0.1, 0.15) is 26.5 Å². The number of aromatic nitrogens is 2. The fourth-order valence-electron chi connectivity index (χ4n) is 1.09. The molecule has 0 fully saturated rings. The van der Waals surface area contributed by atoms with Crippen LogP contribution in [0.4, 0.5) is 17.3 Å². The molecular formula is C7H12BClF4N2S. The van der Waals surface area contributed by atoms with Crippen molar-refractivity contribution in [2.45, 2.75) is 26.2 Å². The fourth-order valence-corrected chi connectivity index (χ4v) is 2.39. The zero-order valence-electron chi connectivity index (χ0n) is 9.27. The van der Waals surface area contributed by atoms with Crippen LogP contribution in [0.5, 0.6) is 0 Å². The summed E-state index contributed by atoms with van der Waals surface area (Å²) in [5, 5.41) is 0. The molecular weight excluding hydrogens is 266 g/mol. The molecule has 0 spiro atoms. The molecule has 16 heavy (non-hydrogen) atoms. The molecule has 0 aliphatic carbocycles. The van der Waals surface area contributed by atoms with Gasteiger partial charge in [-0.2, -0.15) is 0 Å². The van der Waals surface area contributed by atoms with Crippen molar-refractivity contribution in [1.29, 1.82) is 0 Å². The Bertz CT molecular complexity index is 322. The minimum atomic E-state index is -6.00. The first-order valence-corrected chi connectivity index (χ1v) is 5.47. The first-order chi connectivity index (χ1) is 6.93. The van der Waals surface area contributed by atoms with E-state index in [9.17, 15) is 17.3 Å². The molecule has 0 unspecified atom stereocenters. The quantitative estimate of drug-likeness (QED) is 0.404. The predicted molar refractivity (Wildman–Crippen MR) is 57.2 cm³/mol. The van der Waals surface area contributed by atoms with E-state index in [0.29, 0.717) is 0 Å². The van der Waals surface area contributed by atoms with Gasteiger partial charge in [0.2, 0.25) is 5.69 Å². The molecule has 1 aromatic heterocycles. The molecule has 0 aliphatic heterocycles. The zero-order chi connectivity index (χ0) is 13.1. The maximum Gasteiger partial charge on any atom is 0.673 e. The summed E-state index contributed by atoms with van der Waals surface area (Å²) >= 11 is 7.30. The van der Waals surface area contributed by atoms with Crippen molar-refractivity contribution >= 4 is 30.4 Å². The Balaban J connectivity index is 0.000000385. The van der Waals surface area contributed by atoms with E-state index >= 15 is 0 Å². The van der Waals surface area contributed by atoms with Crippen LogP contribution in [0.25, 0.3) is 0 Å². The van der Waals surface area contributed by atoms with Gasteiger partial charge in [0, 0.05) is 0 Å². The molecule has 1 heterocycles. The second-order valence-electron chi connectivity index (χ2n) is 4.06. The van der Waals surface area contributed by atoms with Gasteiger partial charge >= 0.3 is 7.25 Å². The van der Waals surface area contributed by atoms with Gasteiger partial charge in [-0.3, -0.25) is 0 Å². The Kier molecular flexibility index (Phi) is 5.19. The van der Waals surface area contributed by atoms with Crippen LogP contribution in [0.2, 0.25) is 4.34 Å². The van der Waals surface area contributed by atoms with Crippen molar-refractivity contribution in [3.63, 3.8) is 0 Å². The third-order valence-electron chi connectivity index (χ3n) is 1.46. The van der Waals surface area contributed by atoms with Gasteiger partial charge in [0.1, 0.15) is 0 Å². The van der Waals surface area contributed by atoms with Gasteiger partial charge in [-0.05, 0) is 0 Å². The Labute approximate surface area is 100 Å². The third-order valence-corrected chi connectivity index (χ3v) is 2.53. The lowest BCUT2D eigenvalue weighted by atomic mass is 9.93. The first-order valence-electron chi connectivity index (χ1n) is 4.32. The van der Waals surface area contributed by atoms with Gasteiger partial charge in [-0.25, -0.2) is 0 Å². The lowest BCUT2D eigenvalue weighted by Crippen LogP contribution is -2.39. The van der Waals surface area contributed by atoms with Gasteiger partial charge in [-0.1, -0.05) is 37.1 Å². The minimum absolute atomic E-state index is 0.0822. The van der Waals surface area contributed by atoms with Crippen LogP contribution < -0.4 is 4.68 Å². The van der Waals surface area contributed by atoms with E-state index < -0.39 is 7.25 Å². The van der Waals surface area contributed by atoms with E-state index in [1.165, 1.54) is 11.5 Å². The lowest BCUT2D eigenvalue weighted by Gasteiger charge is -2.10. The standard InChI is InChI=1S/C7H12ClN2S.BF4/c1-7(2,3)5-6(8)11-9-10(5)4;2-1(3,4)5/h1-4H3;/q+1;-1. The molecule has 9 heteroatoms. The first kappa shape index (κ1) is 15.6. The highest BCUT2D eigenvalue weighted by Crippen LogP contribution is 2.27. The zero-order valence-corrected chi connectivity index (χ0v) is 10.8. The van der Waals surface area contributed by atoms with Crippen LogP contribution in [-0.2, 0) is 12.5 Å². The molecule has 0 atom stereocenters.